The van der Waals surface area contributed by atoms with Crippen LogP contribution in [0.25, 0.3) is 0 Å². The average molecular weight is 426 g/mol. The number of ether oxygens (including phenoxy) is 2. The van der Waals surface area contributed by atoms with Gasteiger partial charge < -0.3 is 14.4 Å². The number of hydrogen-bond donors (Lipinski definition) is 0. The van der Waals surface area contributed by atoms with Crippen molar-refractivity contribution in [1.82, 2.24) is 19.2 Å². The summed E-state index contributed by atoms with van der Waals surface area (Å²) in [6.07, 6.45) is 0. The molecule has 0 N–H and O–H groups in total. The third kappa shape index (κ3) is 3.84. The molecular weight excluding hydrogens is 403 g/mol. The highest BCUT2D eigenvalue weighted by atomic mass is 19.1. The topological polar surface area (TPSA) is 78.6 Å². The lowest BCUT2D eigenvalue weighted by atomic mass is 10.0. The zero-order valence-corrected chi connectivity index (χ0v) is 17.3. The Morgan fingerprint density at radius 1 is 1.16 bits per heavy atom. The lowest BCUT2D eigenvalue weighted by molar-refractivity contribution is 0.0656. The van der Waals surface area contributed by atoms with Crippen molar-refractivity contribution in [2.75, 3.05) is 27.4 Å². The molecule has 1 aliphatic rings. The predicted octanol–water partition coefficient (Wildman–Crippen LogP) is 2.08. The third-order valence-corrected chi connectivity index (χ3v) is 5.35. The first-order valence-electron chi connectivity index (χ1n) is 9.91. The number of hydrogen-bond acceptors (Lipinski definition) is 5. The van der Waals surface area contributed by atoms with E-state index in [0.717, 1.165) is 5.56 Å². The zero-order valence-electron chi connectivity index (χ0n) is 17.3. The second-order valence-electron chi connectivity index (χ2n) is 7.17. The van der Waals surface area contributed by atoms with Crippen molar-refractivity contribution in [3.8, 4) is 5.75 Å². The molecular formula is C22H23FN4O4. The van der Waals surface area contributed by atoms with Crippen molar-refractivity contribution < 1.29 is 18.7 Å². The molecule has 3 aromatic rings. The number of amides is 1. The van der Waals surface area contributed by atoms with Gasteiger partial charge in [-0.2, -0.15) is 5.10 Å². The van der Waals surface area contributed by atoms with Gasteiger partial charge in [-0.3, -0.25) is 9.36 Å². The Morgan fingerprint density at radius 3 is 2.61 bits per heavy atom. The summed E-state index contributed by atoms with van der Waals surface area (Å²) >= 11 is 0. The molecule has 0 fully saturated rings. The Labute approximate surface area is 178 Å². The number of nitrogens with zero attached hydrogens (tertiary/aromatic N) is 4. The fraction of sp³-hybridized carbons (Fsp3) is 0.318. The molecule has 0 bridgehead atoms. The van der Waals surface area contributed by atoms with Gasteiger partial charge in [0.1, 0.15) is 6.04 Å². The molecule has 1 unspecified atom stereocenters. The van der Waals surface area contributed by atoms with Crippen LogP contribution in [0.1, 0.15) is 27.8 Å². The molecule has 1 amide bonds. The van der Waals surface area contributed by atoms with Gasteiger partial charge in [-0.25, -0.2) is 13.9 Å². The molecule has 0 saturated carbocycles. The van der Waals surface area contributed by atoms with E-state index >= 15 is 0 Å². The number of fused-ring (bicyclic) bond motifs is 1. The van der Waals surface area contributed by atoms with Gasteiger partial charge in [0.15, 0.2) is 17.4 Å². The van der Waals surface area contributed by atoms with Crippen molar-refractivity contribution in [2.45, 2.75) is 19.1 Å². The highest BCUT2D eigenvalue weighted by Crippen LogP contribution is 2.32. The van der Waals surface area contributed by atoms with Crippen LogP contribution in [0.15, 0.2) is 53.3 Å². The quantitative estimate of drug-likeness (QED) is 0.603. The maximum absolute atomic E-state index is 14.2. The molecule has 1 atom stereocenters. The van der Waals surface area contributed by atoms with E-state index in [2.05, 4.69) is 5.10 Å². The molecule has 31 heavy (non-hydrogen) atoms. The minimum absolute atomic E-state index is 0.0699. The number of aromatic nitrogens is 3. The highest BCUT2D eigenvalue weighted by molar-refractivity contribution is 5.95. The summed E-state index contributed by atoms with van der Waals surface area (Å²) in [5.74, 6) is -0.413. The van der Waals surface area contributed by atoms with Crippen LogP contribution < -0.4 is 10.4 Å². The predicted molar refractivity (Wildman–Crippen MR) is 111 cm³/mol. The van der Waals surface area contributed by atoms with E-state index in [1.54, 1.807) is 16.6 Å². The largest absolute Gasteiger partial charge is 0.494 e. The van der Waals surface area contributed by atoms with E-state index in [1.165, 1.54) is 30.0 Å². The summed E-state index contributed by atoms with van der Waals surface area (Å²) in [5, 5.41) is 4.52. The van der Waals surface area contributed by atoms with Gasteiger partial charge in [0, 0.05) is 25.8 Å². The number of methoxy groups -OCH3 is 2. The van der Waals surface area contributed by atoms with E-state index < -0.39 is 11.9 Å². The minimum Gasteiger partial charge on any atom is -0.494 e. The molecule has 1 aromatic heterocycles. The standard InChI is InChI=1S/C22H23FN4O4/c1-30-13-12-27-22(29)26-11-10-25(19(20(26)24-27)15-6-4-3-5-7-15)21(28)16-8-9-18(31-2)17(23)14-16/h3-9,14,19H,10-13H2,1-2H3. The normalized spacial score (nSPS) is 15.6. The van der Waals surface area contributed by atoms with Crippen molar-refractivity contribution in [3.05, 3.63) is 81.8 Å². The van der Waals surface area contributed by atoms with E-state index in [1.807, 2.05) is 30.3 Å². The lowest BCUT2D eigenvalue weighted by Gasteiger charge is -2.35. The monoisotopic (exact) mass is 426 g/mol. The number of benzene rings is 2. The van der Waals surface area contributed by atoms with Crippen molar-refractivity contribution in [1.29, 1.82) is 0 Å². The van der Waals surface area contributed by atoms with Crippen LogP contribution >= 0.6 is 0 Å². The number of rotatable bonds is 6. The van der Waals surface area contributed by atoms with Crippen molar-refractivity contribution >= 4 is 5.91 Å². The summed E-state index contributed by atoms with van der Waals surface area (Å²) in [6.45, 7) is 1.25. The third-order valence-electron chi connectivity index (χ3n) is 5.35. The van der Waals surface area contributed by atoms with Crippen molar-refractivity contribution in [2.24, 2.45) is 0 Å². The molecule has 4 rings (SSSR count). The number of carbonyl (C=O) groups is 1. The Morgan fingerprint density at radius 2 is 1.94 bits per heavy atom. The first-order chi connectivity index (χ1) is 15.0. The van der Waals surface area contributed by atoms with E-state index in [0.29, 0.717) is 25.5 Å². The van der Waals surface area contributed by atoms with Crippen LogP contribution in [-0.2, 0) is 17.8 Å². The fourth-order valence-electron chi connectivity index (χ4n) is 3.82. The van der Waals surface area contributed by atoms with Gasteiger partial charge in [0.05, 0.1) is 20.3 Å². The molecule has 1 aliphatic heterocycles. The van der Waals surface area contributed by atoms with E-state index in [-0.39, 0.29) is 29.5 Å². The maximum Gasteiger partial charge on any atom is 0.346 e. The average Bonchev–Trinajstić information content (AvgIpc) is 3.12. The molecule has 2 heterocycles. The van der Waals surface area contributed by atoms with E-state index in [9.17, 15) is 14.0 Å². The number of carbonyl (C=O) groups excluding carboxylic acids is 1. The Kier molecular flexibility index (Phi) is 5.85. The van der Waals surface area contributed by atoms with Gasteiger partial charge in [-0.15, -0.1) is 0 Å². The maximum atomic E-state index is 14.2. The summed E-state index contributed by atoms with van der Waals surface area (Å²) in [4.78, 5) is 27.8. The first-order valence-corrected chi connectivity index (χ1v) is 9.91. The summed E-state index contributed by atoms with van der Waals surface area (Å²) in [7, 11) is 2.93. The van der Waals surface area contributed by atoms with Crippen LogP contribution in [0.5, 0.6) is 5.75 Å². The first kappa shape index (κ1) is 20.8. The Balaban J connectivity index is 1.77. The van der Waals surface area contributed by atoms with Crippen LogP contribution in [0.4, 0.5) is 4.39 Å². The van der Waals surface area contributed by atoms with Crippen LogP contribution in [0.3, 0.4) is 0 Å². The summed E-state index contributed by atoms with van der Waals surface area (Å²) in [6, 6.07) is 12.9. The molecule has 0 aliphatic carbocycles. The lowest BCUT2D eigenvalue weighted by Crippen LogP contribution is -2.44. The molecule has 8 nitrogen and oxygen atoms in total. The summed E-state index contributed by atoms with van der Waals surface area (Å²) in [5.41, 5.74) is 0.777. The van der Waals surface area contributed by atoms with Crippen molar-refractivity contribution in [3.63, 3.8) is 0 Å². The van der Waals surface area contributed by atoms with E-state index in [4.69, 9.17) is 9.47 Å². The van der Waals surface area contributed by atoms with Gasteiger partial charge in [-0.05, 0) is 23.8 Å². The molecule has 0 spiro atoms. The molecule has 2 aromatic carbocycles. The van der Waals surface area contributed by atoms with Gasteiger partial charge in [0.2, 0.25) is 0 Å². The smallest absolute Gasteiger partial charge is 0.346 e. The Bertz CT molecular complexity index is 1140. The zero-order chi connectivity index (χ0) is 22.0. The molecule has 0 radical (unpaired) electrons. The SMILES string of the molecule is COCCn1nc2n(c1=O)CCN(C(=O)c1ccc(OC)c(F)c1)C2c1ccccc1. The van der Waals surface area contributed by atoms with Crippen LogP contribution in [-0.4, -0.2) is 52.5 Å². The number of halogens is 1. The van der Waals surface area contributed by atoms with Gasteiger partial charge in [0.25, 0.3) is 5.91 Å². The van der Waals surface area contributed by atoms with Crippen LogP contribution in [0.2, 0.25) is 0 Å². The van der Waals surface area contributed by atoms with Crippen LogP contribution in [0, 0.1) is 5.82 Å². The molecule has 9 heteroatoms. The molecule has 162 valence electrons. The molecule has 0 saturated heterocycles. The minimum atomic E-state index is -0.609. The van der Waals surface area contributed by atoms with Gasteiger partial charge >= 0.3 is 5.69 Å². The summed E-state index contributed by atoms with van der Waals surface area (Å²) < 4.78 is 27.2. The second kappa shape index (κ2) is 8.73. The fourth-order valence-corrected chi connectivity index (χ4v) is 3.82. The second-order valence-corrected chi connectivity index (χ2v) is 7.17. The highest BCUT2D eigenvalue weighted by Gasteiger charge is 2.36. The Hall–Kier alpha value is -3.46. The van der Waals surface area contributed by atoms with Gasteiger partial charge in [-0.1, -0.05) is 30.3 Å².